The molecule has 0 fully saturated rings. The molecule has 0 aliphatic carbocycles. The molecule has 1 aromatic carbocycles. The van der Waals surface area contributed by atoms with E-state index in [-0.39, 0.29) is 11.7 Å². The fraction of sp³-hybridized carbons (Fsp3) is 0.231. The Balaban J connectivity index is 3.00. The Kier molecular flexibility index (Phi) is 4.29. The van der Waals surface area contributed by atoms with Crippen molar-refractivity contribution in [3.63, 3.8) is 0 Å². The van der Waals surface area contributed by atoms with Gasteiger partial charge in [-0.2, -0.15) is 5.26 Å². The largest absolute Gasteiger partial charge is 0.491 e. The van der Waals surface area contributed by atoms with Crippen LogP contribution in [-0.2, 0) is 4.79 Å². The lowest BCUT2D eigenvalue weighted by molar-refractivity contribution is -0.132. The zero-order valence-corrected chi connectivity index (χ0v) is 9.68. The first-order chi connectivity index (χ1) is 8.02. The number of benzene rings is 1. The van der Waals surface area contributed by atoms with Crippen molar-refractivity contribution in [1.82, 2.24) is 0 Å². The van der Waals surface area contributed by atoms with Gasteiger partial charge in [-0.15, -0.1) is 0 Å². The number of carboxylic acids is 1. The van der Waals surface area contributed by atoms with Crippen molar-refractivity contribution < 1.29 is 14.6 Å². The summed E-state index contributed by atoms with van der Waals surface area (Å²) in [4.78, 5) is 10.7. The highest BCUT2D eigenvalue weighted by atomic mass is 16.5. The quantitative estimate of drug-likeness (QED) is 0.638. The van der Waals surface area contributed by atoms with Crippen molar-refractivity contribution in [2.75, 3.05) is 0 Å². The molecule has 0 spiro atoms. The van der Waals surface area contributed by atoms with E-state index < -0.39 is 5.97 Å². The van der Waals surface area contributed by atoms with Crippen molar-refractivity contribution in [2.45, 2.75) is 20.0 Å². The lowest BCUT2D eigenvalue weighted by atomic mass is 10.1. The first kappa shape index (κ1) is 12.8. The molecule has 17 heavy (non-hydrogen) atoms. The van der Waals surface area contributed by atoms with Crippen LogP contribution in [0.25, 0.3) is 6.08 Å². The Morgan fingerprint density at radius 3 is 2.76 bits per heavy atom. The molecule has 0 radical (unpaired) electrons. The van der Waals surface area contributed by atoms with Crippen molar-refractivity contribution in [1.29, 1.82) is 5.26 Å². The molecule has 88 valence electrons. The molecule has 0 saturated carbocycles. The number of carboxylic acid groups (broad SMARTS) is 1. The first-order valence-corrected chi connectivity index (χ1v) is 5.14. The van der Waals surface area contributed by atoms with E-state index in [1.807, 2.05) is 13.8 Å². The van der Waals surface area contributed by atoms with Gasteiger partial charge < -0.3 is 9.84 Å². The standard InChI is InChI=1S/C13H13NO3/c1-9(2)17-12-5-3-4-10(7-12)6-11(8-14)13(15)16/h3-7,9H,1-2H3,(H,15,16)/b11-6-. The van der Waals surface area contributed by atoms with E-state index in [4.69, 9.17) is 15.1 Å². The van der Waals surface area contributed by atoms with E-state index in [0.717, 1.165) is 0 Å². The first-order valence-electron chi connectivity index (χ1n) is 5.14. The monoisotopic (exact) mass is 231 g/mol. The maximum atomic E-state index is 10.7. The molecule has 0 saturated heterocycles. The lowest BCUT2D eigenvalue weighted by Crippen LogP contribution is -2.05. The van der Waals surface area contributed by atoms with Crippen LogP contribution in [-0.4, -0.2) is 17.2 Å². The van der Waals surface area contributed by atoms with Crippen LogP contribution in [0.4, 0.5) is 0 Å². The summed E-state index contributed by atoms with van der Waals surface area (Å²) in [5.74, 6) is -0.584. The average molecular weight is 231 g/mol. The van der Waals surface area contributed by atoms with Gasteiger partial charge in [0.15, 0.2) is 0 Å². The third-order valence-corrected chi connectivity index (χ3v) is 1.89. The molecule has 1 rings (SSSR count). The second-order valence-corrected chi connectivity index (χ2v) is 3.71. The summed E-state index contributed by atoms with van der Waals surface area (Å²) in [5.41, 5.74) is 0.328. The molecule has 0 aliphatic rings. The van der Waals surface area contributed by atoms with Gasteiger partial charge in [-0.25, -0.2) is 4.79 Å². The molecule has 1 aromatic rings. The van der Waals surface area contributed by atoms with E-state index in [1.165, 1.54) is 6.08 Å². The highest BCUT2D eigenvalue weighted by Crippen LogP contribution is 2.17. The number of rotatable bonds is 4. The molecule has 0 amide bonds. The molecule has 0 unspecified atom stereocenters. The third kappa shape index (κ3) is 3.99. The highest BCUT2D eigenvalue weighted by Gasteiger charge is 2.06. The molecule has 0 aromatic heterocycles. The van der Waals surface area contributed by atoms with Crippen LogP contribution in [0.15, 0.2) is 29.8 Å². The minimum absolute atomic E-state index is 0.0455. The summed E-state index contributed by atoms with van der Waals surface area (Å²) in [5, 5.41) is 17.4. The summed E-state index contributed by atoms with van der Waals surface area (Å²) in [7, 11) is 0. The highest BCUT2D eigenvalue weighted by molar-refractivity contribution is 5.96. The number of carbonyl (C=O) groups is 1. The van der Waals surface area contributed by atoms with Crippen molar-refractivity contribution in [2.24, 2.45) is 0 Å². The summed E-state index contributed by atoms with van der Waals surface area (Å²) in [6.07, 6.45) is 1.36. The zero-order chi connectivity index (χ0) is 12.8. The number of aliphatic carboxylic acids is 1. The molecule has 1 N–H and O–H groups in total. The summed E-state index contributed by atoms with van der Waals surface area (Å²) >= 11 is 0. The molecule has 4 nitrogen and oxygen atoms in total. The fourth-order valence-corrected chi connectivity index (χ4v) is 1.26. The molecule has 0 bridgehead atoms. The van der Waals surface area contributed by atoms with Crippen LogP contribution in [0.5, 0.6) is 5.75 Å². The minimum Gasteiger partial charge on any atom is -0.491 e. The maximum Gasteiger partial charge on any atom is 0.346 e. The summed E-state index contributed by atoms with van der Waals surface area (Å²) < 4.78 is 5.47. The van der Waals surface area contributed by atoms with E-state index in [0.29, 0.717) is 11.3 Å². The topological polar surface area (TPSA) is 70.3 Å². The number of ether oxygens (including phenoxy) is 1. The van der Waals surface area contributed by atoms with Gasteiger partial charge in [0, 0.05) is 0 Å². The van der Waals surface area contributed by atoms with Crippen molar-refractivity contribution >= 4 is 12.0 Å². The summed E-state index contributed by atoms with van der Waals surface area (Å²) in [6, 6.07) is 8.57. The molecule has 0 aliphatic heterocycles. The van der Waals surface area contributed by atoms with Crippen LogP contribution in [0.1, 0.15) is 19.4 Å². The van der Waals surface area contributed by atoms with E-state index >= 15 is 0 Å². The smallest absolute Gasteiger partial charge is 0.346 e. The predicted octanol–water partition coefficient (Wildman–Crippen LogP) is 2.47. The third-order valence-electron chi connectivity index (χ3n) is 1.89. The van der Waals surface area contributed by atoms with Crippen molar-refractivity contribution in [3.8, 4) is 11.8 Å². The Labute approximate surface area is 99.8 Å². The van der Waals surface area contributed by atoms with Crippen LogP contribution >= 0.6 is 0 Å². The Morgan fingerprint density at radius 2 is 2.24 bits per heavy atom. The average Bonchev–Trinajstić information content (AvgIpc) is 2.25. The predicted molar refractivity (Wildman–Crippen MR) is 63.4 cm³/mol. The van der Waals surface area contributed by atoms with Gasteiger partial charge in [0.1, 0.15) is 17.4 Å². The molecule has 0 heterocycles. The minimum atomic E-state index is -1.23. The van der Waals surface area contributed by atoms with Crippen LogP contribution in [0.3, 0.4) is 0 Å². The number of nitriles is 1. The van der Waals surface area contributed by atoms with Crippen LogP contribution in [0, 0.1) is 11.3 Å². The number of hydrogen-bond acceptors (Lipinski definition) is 3. The Morgan fingerprint density at radius 1 is 1.53 bits per heavy atom. The molecule has 0 atom stereocenters. The molecule has 4 heteroatoms. The van der Waals surface area contributed by atoms with Crippen LogP contribution in [0.2, 0.25) is 0 Å². The second kappa shape index (κ2) is 5.71. The number of nitrogens with zero attached hydrogens (tertiary/aromatic N) is 1. The SMILES string of the molecule is CC(C)Oc1cccc(/C=C(/C#N)C(=O)O)c1. The van der Waals surface area contributed by atoms with Crippen LogP contribution < -0.4 is 4.74 Å². The normalized spacial score (nSPS) is 11.1. The summed E-state index contributed by atoms with van der Waals surface area (Å²) in [6.45, 7) is 3.81. The van der Waals surface area contributed by atoms with Crippen molar-refractivity contribution in [3.05, 3.63) is 35.4 Å². The van der Waals surface area contributed by atoms with Gasteiger partial charge in [-0.1, -0.05) is 12.1 Å². The number of hydrogen-bond donors (Lipinski definition) is 1. The maximum absolute atomic E-state index is 10.7. The van der Waals surface area contributed by atoms with Gasteiger partial charge >= 0.3 is 5.97 Å². The van der Waals surface area contributed by atoms with Gasteiger partial charge in [0.2, 0.25) is 0 Å². The van der Waals surface area contributed by atoms with E-state index in [1.54, 1.807) is 30.3 Å². The van der Waals surface area contributed by atoms with E-state index in [9.17, 15) is 4.79 Å². The fourth-order valence-electron chi connectivity index (χ4n) is 1.26. The Bertz CT molecular complexity index is 484. The van der Waals surface area contributed by atoms with E-state index in [2.05, 4.69) is 0 Å². The van der Waals surface area contributed by atoms with Gasteiger partial charge in [-0.05, 0) is 37.6 Å². The molecular weight excluding hydrogens is 218 g/mol. The zero-order valence-electron chi connectivity index (χ0n) is 9.68. The second-order valence-electron chi connectivity index (χ2n) is 3.71. The van der Waals surface area contributed by atoms with Gasteiger partial charge in [0.25, 0.3) is 0 Å². The van der Waals surface area contributed by atoms with Gasteiger partial charge in [0.05, 0.1) is 6.10 Å². The Hall–Kier alpha value is -2.28. The van der Waals surface area contributed by atoms with Gasteiger partial charge in [-0.3, -0.25) is 0 Å². The lowest BCUT2D eigenvalue weighted by Gasteiger charge is -2.09. The molecular formula is C13H13NO3.